The number of nitrogens with one attached hydrogen (secondary N) is 1. The molecule has 2 aliphatic rings. The first kappa shape index (κ1) is 17.2. The van der Waals surface area contributed by atoms with Crippen LogP contribution >= 0.6 is 0 Å². The number of amides is 3. The van der Waals surface area contributed by atoms with E-state index in [9.17, 15) is 9.59 Å². The highest BCUT2D eigenvalue weighted by molar-refractivity contribution is 6.07. The number of nitrogens with two attached hydrogens (primary N) is 1. The molecule has 2 rings (SSSR count). The first-order valence-electron chi connectivity index (χ1n) is 8.50. The molecule has 1 spiro atoms. The molecule has 1 unspecified atom stereocenters. The maximum Gasteiger partial charge on any atom is 0.325 e. The van der Waals surface area contributed by atoms with Crippen molar-refractivity contribution in [3.63, 3.8) is 0 Å². The van der Waals surface area contributed by atoms with Crippen molar-refractivity contribution in [3.05, 3.63) is 0 Å². The monoisotopic (exact) mass is 310 g/mol. The second-order valence-corrected chi connectivity index (χ2v) is 7.12. The van der Waals surface area contributed by atoms with Crippen LogP contribution in [0.3, 0.4) is 0 Å². The van der Waals surface area contributed by atoms with E-state index in [0.29, 0.717) is 25.3 Å². The normalized spacial score (nSPS) is 23.4. The molecule has 6 nitrogen and oxygen atoms in total. The standard InChI is InChI=1S/C16H30N4O2/c1-4-13(17)11-20-14(21)16(18-15(20)22)6-9-19(10-7-16)8-5-12(2)3/h12-13H,4-11,17H2,1-3H3,(H,18,22). The van der Waals surface area contributed by atoms with Crippen molar-refractivity contribution < 1.29 is 9.59 Å². The van der Waals surface area contributed by atoms with E-state index < -0.39 is 5.54 Å². The molecule has 6 heteroatoms. The van der Waals surface area contributed by atoms with Gasteiger partial charge in [-0.05, 0) is 38.1 Å². The number of hydrogen-bond donors (Lipinski definition) is 2. The SMILES string of the molecule is CCC(N)CN1C(=O)NC2(CCN(CCC(C)C)CC2)C1=O. The summed E-state index contributed by atoms with van der Waals surface area (Å²) in [5.74, 6) is 0.611. The van der Waals surface area contributed by atoms with Gasteiger partial charge in [0.15, 0.2) is 0 Å². The van der Waals surface area contributed by atoms with Gasteiger partial charge in [-0.1, -0.05) is 20.8 Å². The number of rotatable bonds is 6. The molecule has 0 saturated carbocycles. The molecular weight excluding hydrogens is 280 g/mol. The average Bonchev–Trinajstić information content (AvgIpc) is 2.71. The van der Waals surface area contributed by atoms with Gasteiger partial charge in [0.25, 0.3) is 5.91 Å². The highest BCUT2D eigenvalue weighted by Gasteiger charge is 2.52. The largest absolute Gasteiger partial charge is 0.326 e. The van der Waals surface area contributed by atoms with E-state index in [4.69, 9.17) is 5.73 Å². The lowest BCUT2D eigenvalue weighted by Crippen LogP contribution is -2.55. The molecule has 126 valence electrons. The molecule has 3 amide bonds. The first-order chi connectivity index (χ1) is 10.4. The maximum absolute atomic E-state index is 12.7. The van der Waals surface area contributed by atoms with Gasteiger partial charge in [0, 0.05) is 25.7 Å². The molecule has 0 aromatic rings. The maximum atomic E-state index is 12.7. The highest BCUT2D eigenvalue weighted by Crippen LogP contribution is 2.29. The van der Waals surface area contributed by atoms with E-state index in [-0.39, 0.29) is 18.0 Å². The second-order valence-electron chi connectivity index (χ2n) is 7.12. The van der Waals surface area contributed by atoms with E-state index in [1.54, 1.807) is 0 Å². The van der Waals surface area contributed by atoms with Crippen LogP contribution < -0.4 is 11.1 Å². The molecule has 22 heavy (non-hydrogen) atoms. The quantitative estimate of drug-likeness (QED) is 0.722. The summed E-state index contributed by atoms with van der Waals surface area (Å²) in [6.07, 6.45) is 3.33. The third kappa shape index (κ3) is 3.60. The van der Waals surface area contributed by atoms with E-state index in [0.717, 1.165) is 26.1 Å². The zero-order valence-electron chi connectivity index (χ0n) is 14.1. The summed E-state index contributed by atoms with van der Waals surface area (Å²) in [6, 6.07) is -0.416. The third-order valence-corrected chi connectivity index (χ3v) is 4.92. The van der Waals surface area contributed by atoms with Gasteiger partial charge in [-0.3, -0.25) is 9.69 Å². The Labute approximate surface area is 133 Å². The third-order valence-electron chi connectivity index (χ3n) is 4.92. The van der Waals surface area contributed by atoms with Gasteiger partial charge in [0.05, 0.1) is 0 Å². The van der Waals surface area contributed by atoms with Crippen LogP contribution in [-0.2, 0) is 4.79 Å². The lowest BCUT2D eigenvalue weighted by molar-refractivity contribution is -0.133. The van der Waals surface area contributed by atoms with E-state index in [1.165, 1.54) is 11.3 Å². The topological polar surface area (TPSA) is 78.7 Å². The molecule has 3 N–H and O–H groups in total. The fourth-order valence-corrected chi connectivity index (χ4v) is 3.14. The Morgan fingerprint density at radius 1 is 1.27 bits per heavy atom. The summed E-state index contributed by atoms with van der Waals surface area (Å²) in [4.78, 5) is 28.5. The molecule has 0 aromatic carbocycles. The molecule has 2 fully saturated rings. The predicted octanol–water partition coefficient (Wildman–Crippen LogP) is 1.16. The number of nitrogens with zero attached hydrogens (tertiary/aromatic N) is 2. The average molecular weight is 310 g/mol. The summed E-state index contributed by atoms with van der Waals surface area (Å²) >= 11 is 0. The fourth-order valence-electron chi connectivity index (χ4n) is 3.14. The van der Waals surface area contributed by atoms with Crippen molar-refractivity contribution >= 4 is 11.9 Å². The van der Waals surface area contributed by atoms with Gasteiger partial charge in [-0.15, -0.1) is 0 Å². The Morgan fingerprint density at radius 2 is 1.91 bits per heavy atom. The van der Waals surface area contributed by atoms with Crippen molar-refractivity contribution in [1.29, 1.82) is 0 Å². The van der Waals surface area contributed by atoms with Gasteiger partial charge in [-0.2, -0.15) is 0 Å². The molecule has 0 aromatic heterocycles. The minimum absolute atomic E-state index is 0.0788. The Bertz CT molecular complexity index is 416. The minimum Gasteiger partial charge on any atom is -0.326 e. The van der Waals surface area contributed by atoms with E-state index in [1.807, 2.05) is 6.92 Å². The summed E-state index contributed by atoms with van der Waals surface area (Å²) in [7, 11) is 0. The number of likely N-dealkylation sites (tertiary alicyclic amines) is 1. The van der Waals surface area contributed by atoms with Gasteiger partial charge in [0.1, 0.15) is 5.54 Å². The molecule has 2 aliphatic heterocycles. The molecule has 0 radical (unpaired) electrons. The molecule has 1 atom stereocenters. The van der Waals surface area contributed by atoms with Gasteiger partial charge in [0.2, 0.25) is 0 Å². The molecule has 0 bridgehead atoms. The van der Waals surface area contributed by atoms with Crippen LogP contribution in [0.15, 0.2) is 0 Å². The van der Waals surface area contributed by atoms with E-state index in [2.05, 4.69) is 24.1 Å². The Kier molecular flexibility index (Phi) is 5.45. The van der Waals surface area contributed by atoms with Crippen LogP contribution in [0.1, 0.15) is 46.5 Å². The number of piperidine rings is 1. The van der Waals surface area contributed by atoms with Crippen LogP contribution in [0.5, 0.6) is 0 Å². The van der Waals surface area contributed by atoms with Crippen molar-refractivity contribution in [3.8, 4) is 0 Å². The van der Waals surface area contributed by atoms with Crippen molar-refractivity contribution in [2.75, 3.05) is 26.2 Å². The van der Waals surface area contributed by atoms with E-state index >= 15 is 0 Å². The van der Waals surface area contributed by atoms with Gasteiger partial charge >= 0.3 is 6.03 Å². The zero-order chi connectivity index (χ0) is 16.3. The van der Waals surface area contributed by atoms with Gasteiger partial charge < -0.3 is 16.0 Å². The lowest BCUT2D eigenvalue weighted by atomic mass is 9.87. The number of carbonyl (C=O) groups is 2. The van der Waals surface area contributed by atoms with Crippen LogP contribution in [-0.4, -0.2) is 59.5 Å². The molecule has 2 heterocycles. The summed E-state index contributed by atoms with van der Waals surface area (Å²) in [5, 5.41) is 2.94. The van der Waals surface area contributed by atoms with Crippen LogP contribution in [0.2, 0.25) is 0 Å². The van der Waals surface area contributed by atoms with Crippen LogP contribution in [0.25, 0.3) is 0 Å². The predicted molar refractivity (Wildman–Crippen MR) is 86.4 cm³/mol. The van der Waals surface area contributed by atoms with Crippen molar-refractivity contribution in [1.82, 2.24) is 15.1 Å². The number of imide groups is 1. The molecule has 0 aliphatic carbocycles. The second kappa shape index (κ2) is 6.96. The number of urea groups is 1. The fraction of sp³-hybridized carbons (Fsp3) is 0.875. The van der Waals surface area contributed by atoms with Crippen molar-refractivity contribution in [2.24, 2.45) is 11.7 Å². The number of hydrogen-bond acceptors (Lipinski definition) is 4. The summed E-state index contributed by atoms with van der Waals surface area (Å²) < 4.78 is 0. The minimum atomic E-state index is -0.682. The zero-order valence-corrected chi connectivity index (χ0v) is 14.1. The van der Waals surface area contributed by atoms with Crippen LogP contribution in [0.4, 0.5) is 4.79 Å². The molecular formula is C16H30N4O2. The first-order valence-corrected chi connectivity index (χ1v) is 8.50. The molecule has 2 saturated heterocycles. The Balaban J connectivity index is 1.93. The van der Waals surface area contributed by atoms with Crippen molar-refractivity contribution in [2.45, 2.75) is 58.0 Å². The van der Waals surface area contributed by atoms with Crippen LogP contribution in [0, 0.1) is 5.92 Å². The highest BCUT2D eigenvalue weighted by atomic mass is 16.2. The Morgan fingerprint density at radius 3 is 2.45 bits per heavy atom. The van der Waals surface area contributed by atoms with Gasteiger partial charge in [-0.25, -0.2) is 4.79 Å². The lowest BCUT2D eigenvalue weighted by Gasteiger charge is -2.37. The summed E-state index contributed by atoms with van der Waals surface area (Å²) in [5.41, 5.74) is 5.22. The smallest absolute Gasteiger partial charge is 0.325 e. The summed E-state index contributed by atoms with van der Waals surface area (Å²) in [6.45, 7) is 9.53. The Hall–Kier alpha value is -1.14. The number of carbonyl (C=O) groups excluding carboxylic acids is 2.